The van der Waals surface area contributed by atoms with Gasteiger partial charge in [0.25, 0.3) is 0 Å². The Hall–Kier alpha value is -1.54. The molecule has 2 atom stereocenters. The molecule has 8 nitrogen and oxygen atoms in total. The molecule has 2 saturated heterocycles. The Bertz CT molecular complexity index is 514. The number of ether oxygens (including phenoxy) is 2. The quantitative estimate of drug-likeness (QED) is 0.524. The van der Waals surface area contributed by atoms with Gasteiger partial charge in [-0.2, -0.15) is 0 Å². The molecule has 2 N–H and O–H groups in total. The van der Waals surface area contributed by atoms with Crippen LogP contribution in [0, 0.1) is 0 Å². The molecule has 0 aromatic carbocycles. The largest absolute Gasteiger partial charge is 0.444 e. The molecule has 2 fully saturated rings. The van der Waals surface area contributed by atoms with E-state index in [0.29, 0.717) is 12.6 Å². The Balaban J connectivity index is 1.82. The van der Waals surface area contributed by atoms with Gasteiger partial charge in [-0.25, -0.2) is 4.79 Å². The number of aliphatic imine (C=N–C) groups is 1. The van der Waals surface area contributed by atoms with Crippen LogP contribution in [0.4, 0.5) is 4.79 Å². The van der Waals surface area contributed by atoms with Crippen LogP contribution in [-0.2, 0) is 9.47 Å². The SMILES string of the molecule is CCCC(CNC(=NC)N1CCC(N2CCOCC2)C1)NC(=O)OC(C)(C)C. The number of hydrogen-bond acceptors (Lipinski definition) is 5. The third kappa shape index (κ3) is 7.47. The van der Waals surface area contributed by atoms with Gasteiger partial charge in [0.05, 0.1) is 13.2 Å². The molecular weight excluding hydrogens is 358 g/mol. The summed E-state index contributed by atoms with van der Waals surface area (Å²) in [6.07, 6.45) is 2.66. The molecule has 0 aromatic heterocycles. The molecule has 2 heterocycles. The molecule has 2 rings (SSSR count). The summed E-state index contributed by atoms with van der Waals surface area (Å²) in [6.45, 7) is 14.1. The maximum atomic E-state index is 12.1. The van der Waals surface area contributed by atoms with E-state index in [9.17, 15) is 4.79 Å². The van der Waals surface area contributed by atoms with E-state index in [-0.39, 0.29) is 12.1 Å². The summed E-state index contributed by atoms with van der Waals surface area (Å²) in [5.74, 6) is 0.905. The van der Waals surface area contributed by atoms with Gasteiger partial charge < -0.3 is 25.0 Å². The highest BCUT2D eigenvalue weighted by atomic mass is 16.6. The second kappa shape index (κ2) is 10.9. The Morgan fingerprint density at radius 1 is 1.29 bits per heavy atom. The number of nitrogens with zero attached hydrogens (tertiary/aromatic N) is 3. The fraction of sp³-hybridized carbons (Fsp3) is 0.900. The van der Waals surface area contributed by atoms with Crippen molar-refractivity contribution in [1.29, 1.82) is 0 Å². The van der Waals surface area contributed by atoms with Crippen LogP contribution in [0.5, 0.6) is 0 Å². The predicted octanol–water partition coefficient (Wildman–Crippen LogP) is 1.66. The molecule has 162 valence electrons. The maximum Gasteiger partial charge on any atom is 0.407 e. The van der Waals surface area contributed by atoms with E-state index in [1.807, 2.05) is 27.8 Å². The zero-order chi connectivity index (χ0) is 20.6. The van der Waals surface area contributed by atoms with Crippen LogP contribution < -0.4 is 10.6 Å². The molecule has 2 aliphatic heterocycles. The van der Waals surface area contributed by atoms with Crippen molar-refractivity contribution >= 4 is 12.1 Å². The van der Waals surface area contributed by atoms with Crippen LogP contribution in [0.2, 0.25) is 0 Å². The Morgan fingerprint density at radius 2 is 2.00 bits per heavy atom. The van der Waals surface area contributed by atoms with Crippen molar-refractivity contribution in [2.24, 2.45) is 4.99 Å². The maximum absolute atomic E-state index is 12.1. The highest BCUT2D eigenvalue weighted by Gasteiger charge is 2.30. The minimum atomic E-state index is -0.492. The lowest BCUT2D eigenvalue weighted by atomic mass is 10.1. The summed E-state index contributed by atoms with van der Waals surface area (Å²) in [6, 6.07) is 0.572. The number of likely N-dealkylation sites (tertiary alicyclic amines) is 1. The van der Waals surface area contributed by atoms with Crippen molar-refractivity contribution in [3.63, 3.8) is 0 Å². The lowest BCUT2D eigenvalue weighted by molar-refractivity contribution is 0.0194. The number of amides is 1. The zero-order valence-corrected chi connectivity index (χ0v) is 18.3. The fourth-order valence-electron chi connectivity index (χ4n) is 3.77. The number of rotatable bonds is 6. The first-order chi connectivity index (χ1) is 13.3. The number of morpholine rings is 1. The molecule has 0 aliphatic carbocycles. The van der Waals surface area contributed by atoms with Gasteiger partial charge in [-0.05, 0) is 33.6 Å². The molecular formula is C20H39N5O3. The highest BCUT2D eigenvalue weighted by molar-refractivity contribution is 5.80. The summed E-state index contributed by atoms with van der Waals surface area (Å²) in [4.78, 5) is 21.4. The second-order valence-corrected chi connectivity index (χ2v) is 8.60. The van der Waals surface area contributed by atoms with Crippen molar-refractivity contribution in [2.45, 2.75) is 64.6 Å². The second-order valence-electron chi connectivity index (χ2n) is 8.60. The van der Waals surface area contributed by atoms with Crippen LogP contribution >= 0.6 is 0 Å². The minimum absolute atomic E-state index is 0.00856. The van der Waals surface area contributed by atoms with Crippen LogP contribution in [-0.4, -0.2) is 92.5 Å². The van der Waals surface area contributed by atoms with Crippen LogP contribution in [0.15, 0.2) is 4.99 Å². The van der Waals surface area contributed by atoms with Gasteiger partial charge in [-0.15, -0.1) is 0 Å². The molecule has 8 heteroatoms. The lowest BCUT2D eigenvalue weighted by Gasteiger charge is -2.32. The topological polar surface area (TPSA) is 78.4 Å². The molecule has 0 aromatic rings. The molecule has 2 aliphatic rings. The standard InChI is InChI=1S/C20H39N5O3/c1-6-7-16(23-19(26)28-20(2,3)4)14-22-18(21-5)25-9-8-17(15-25)24-10-12-27-13-11-24/h16-17H,6-15H2,1-5H3,(H,21,22)(H,23,26). The van der Waals surface area contributed by atoms with Gasteiger partial charge in [-0.3, -0.25) is 9.89 Å². The van der Waals surface area contributed by atoms with Crippen LogP contribution in [0.25, 0.3) is 0 Å². The Labute approximate surface area is 170 Å². The molecule has 0 spiro atoms. The van der Waals surface area contributed by atoms with E-state index >= 15 is 0 Å². The van der Waals surface area contributed by atoms with Crippen molar-refractivity contribution in [3.05, 3.63) is 0 Å². The summed E-state index contributed by atoms with van der Waals surface area (Å²) in [5.41, 5.74) is -0.492. The van der Waals surface area contributed by atoms with E-state index in [1.54, 1.807) is 0 Å². The van der Waals surface area contributed by atoms with Crippen LogP contribution in [0.1, 0.15) is 47.0 Å². The van der Waals surface area contributed by atoms with E-state index in [2.05, 4.69) is 32.3 Å². The van der Waals surface area contributed by atoms with E-state index in [1.165, 1.54) is 0 Å². The van der Waals surface area contributed by atoms with Gasteiger partial charge in [0, 0.05) is 51.9 Å². The van der Waals surface area contributed by atoms with Gasteiger partial charge in [0.15, 0.2) is 5.96 Å². The summed E-state index contributed by atoms with van der Waals surface area (Å²) in [5, 5.41) is 6.44. The fourth-order valence-corrected chi connectivity index (χ4v) is 3.77. The van der Waals surface area contributed by atoms with E-state index in [4.69, 9.17) is 9.47 Å². The number of guanidine groups is 1. The summed E-state index contributed by atoms with van der Waals surface area (Å²) in [7, 11) is 1.82. The average molecular weight is 398 g/mol. The first-order valence-corrected chi connectivity index (χ1v) is 10.6. The van der Waals surface area contributed by atoms with Crippen molar-refractivity contribution in [3.8, 4) is 0 Å². The third-order valence-corrected chi connectivity index (χ3v) is 5.10. The van der Waals surface area contributed by atoms with Gasteiger partial charge in [0.2, 0.25) is 0 Å². The van der Waals surface area contributed by atoms with Gasteiger partial charge >= 0.3 is 6.09 Å². The molecule has 2 unspecified atom stereocenters. The molecule has 0 radical (unpaired) electrons. The van der Waals surface area contributed by atoms with Crippen molar-refractivity contribution in [2.75, 3.05) is 53.0 Å². The van der Waals surface area contributed by atoms with Gasteiger partial charge in [-0.1, -0.05) is 13.3 Å². The number of nitrogens with one attached hydrogen (secondary N) is 2. The van der Waals surface area contributed by atoms with E-state index in [0.717, 1.165) is 64.6 Å². The number of alkyl carbamates (subject to hydrolysis) is 1. The summed E-state index contributed by atoms with van der Waals surface area (Å²) < 4.78 is 10.9. The molecule has 1 amide bonds. The van der Waals surface area contributed by atoms with Crippen LogP contribution in [0.3, 0.4) is 0 Å². The normalized spacial score (nSPS) is 22.8. The first-order valence-electron chi connectivity index (χ1n) is 10.6. The number of carbonyl (C=O) groups is 1. The third-order valence-electron chi connectivity index (χ3n) is 5.10. The van der Waals surface area contributed by atoms with Crippen molar-refractivity contribution in [1.82, 2.24) is 20.4 Å². The number of hydrogen-bond donors (Lipinski definition) is 2. The lowest BCUT2D eigenvalue weighted by Crippen LogP contribution is -2.50. The highest BCUT2D eigenvalue weighted by Crippen LogP contribution is 2.17. The predicted molar refractivity (Wildman–Crippen MR) is 112 cm³/mol. The summed E-state index contributed by atoms with van der Waals surface area (Å²) >= 11 is 0. The molecule has 0 bridgehead atoms. The Morgan fingerprint density at radius 3 is 2.61 bits per heavy atom. The minimum Gasteiger partial charge on any atom is -0.444 e. The zero-order valence-electron chi connectivity index (χ0n) is 18.3. The average Bonchev–Trinajstić information content (AvgIpc) is 3.11. The Kier molecular flexibility index (Phi) is 8.82. The number of carbonyl (C=O) groups excluding carboxylic acids is 1. The van der Waals surface area contributed by atoms with E-state index < -0.39 is 5.60 Å². The smallest absolute Gasteiger partial charge is 0.407 e. The first kappa shape index (κ1) is 22.7. The van der Waals surface area contributed by atoms with Gasteiger partial charge in [0.1, 0.15) is 5.60 Å². The van der Waals surface area contributed by atoms with Crippen molar-refractivity contribution < 1.29 is 14.3 Å². The molecule has 28 heavy (non-hydrogen) atoms. The molecule has 0 saturated carbocycles. The monoisotopic (exact) mass is 397 g/mol.